The Bertz CT molecular complexity index is 940. The molecule has 0 saturated carbocycles. The number of sulfonamides is 1. The molecule has 0 spiro atoms. The number of anilines is 1. The molecule has 30 heavy (non-hydrogen) atoms. The van der Waals surface area contributed by atoms with Crippen molar-refractivity contribution in [3.8, 4) is 0 Å². The Kier molecular flexibility index (Phi) is 6.55. The number of nitrogens with one attached hydrogen (secondary N) is 1. The number of hydrogen-bond acceptors (Lipinski definition) is 6. The number of hydrogen-bond donors (Lipinski definition) is 1. The van der Waals surface area contributed by atoms with Gasteiger partial charge in [-0.05, 0) is 12.8 Å². The minimum atomic E-state index is -4.52. The molecule has 1 N–H and O–H groups in total. The maximum Gasteiger partial charge on any atom is 0.419 e. The van der Waals surface area contributed by atoms with Crippen LogP contribution in [0.25, 0.3) is 0 Å². The summed E-state index contributed by atoms with van der Waals surface area (Å²) in [5, 5.41) is 2.90. The predicted molar refractivity (Wildman–Crippen MR) is 96.1 cm³/mol. The Morgan fingerprint density at radius 2 is 1.77 bits per heavy atom. The Morgan fingerprint density at radius 3 is 2.33 bits per heavy atom. The second-order valence-electron chi connectivity index (χ2n) is 6.82. The molecule has 1 aliphatic rings. The molecule has 0 aliphatic carbocycles. The lowest BCUT2D eigenvalue weighted by Gasteiger charge is -2.31. The van der Waals surface area contributed by atoms with Gasteiger partial charge in [-0.15, -0.1) is 0 Å². The lowest BCUT2D eigenvalue weighted by Crippen LogP contribution is -2.43. The van der Waals surface area contributed by atoms with Crippen molar-refractivity contribution in [1.29, 1.82) is 0 Å². The summed E-state index contributed by atoms with van der Waals surface area (Å²) in [6.45, 7) is -0.174. The van der Waals surface area contributed by atoms with Crippen LogP contribution in [0, 0.1) is 0 Å². The first-order valence-corrected chi connectivity index (χ1v) is 10.6. The average Bonchev–Trinajstić information content (AvgIpc) is 3.07. The van der Waals surface area contributed by atoms with Crippen LogP contribution in [-0.2, 0) is 28.5 Å². The van der Waals surface area contributed by atoms with E-state index in [1.165, 1.54) is 10.5 Å². The highest BCUT2D eigenvalue weighted by Gasteiger charge is 2.32. The van der Waals surface area contributed by atoms with Gasteiger partial charge in [-0.25, -0.2) is 36.5 Å². The van der Waals surface area contributed by atoms with E-state index in [9.17, 15) is 30.4 Å². The Balaban J connectivity index is 1.52. The second-order valence-corrected chi connectivity index (χ2v) is 8.79. The van der Waals surface area contributed by atoms with Crippen LogP contribution in [0.2, 0.25) is 0 Å². The molecule has 0 atom stereocenters. The monoisotopic (exact) mass is 454 g/mol. The average molecular weight is 454 g/mol. The first-order chi connectivity index (χ1) is 14.0. The van der Waals surface area contributed by atoms with Crippen LogP contribution in [0.3, 0.4) is 0 Å². The number of rotatable bonds is 7. The molecule has 2 aromatic heterocycles. The van der Waals surface area contributed by atoms with Crippen molar-refractivity contribution in [2.45, 2.75) is 43.8 Å². The first kappa shape index (κ1) is 22.3. The van der Waals surface area contributed by atoms with Crippen molar-refractivity contribution in [3.05, 3.63) is 36.2 Å². The molecular weight excluding hydrogens is 435 g/mol. The van der Waals surface area contributed by atoms with Gasteiger partial charge in [0.2, 0.25) is 16.0 Å². The summed E-state index contributed by atoms with van der Waals surface area (Å²) in [4.78, 5) is 11.2. The lowest BCUT2D eigenvalue weighted by atomic mass is 10.1. The number of aromatic nitrogens is 4. The van der Waals surface area contributed by atoms with E-state index in [1.807, 2.05) is 0 Å². The van der Waals surface area contributed by atoms with E-state index in [0.29, 0.717) is 25.2 Å². The van der Waals surface area contributed by atoms with E-state index in [0.717, 1.165) is 10.9 Å². The summed E-state index contributed by atoms with van der Waals surface area (Å²) in [7, 11) is -3.68. The Morgan fingerprint density at radius 1 is 1.13 bits per heavy atom. The summed E-state index contributed by atoms with van der Waals surface area (Å²) in [6.07, 6.45) is -2.47. The smallest absolute Gasteiger partial charge is 0.351 e. The van der Waals surface area contributed by atoms with Gasteiger partial charge in [-0.1, -0.05) is 0 Å². The number of imidazole rings is 1. The van der Waals surface area contributed by atoms with Crippen LogP contribution < -0.4 is 5.32 Å². The fourth-order valence-corrected chi connectivity index (χ4v) is 4.50. The van der Waals surface area contributed by atoms with Crippen LogP contribution in [0.1, 0.15) is 24.1 Å². The highest BCUT2D eigenvalue weighted by molar-refractivity contribution is 7.88. The van der Waals surface area contributed by atoms with Crippen LogP contribution in [0.15, 0.2) is 24.9 Å². The van der Waals surface area contributed by atoms with Gasteiger partial charge in [-0.3, -0.25) is 0 Å². The van der Waals surface area contributed by atoms with Gasteiger partial charge in [-0.2, -0.15) is 13.2 Å². The SMILES string of the molecule is O=S(=O)(Cc1cn(CC(F)F)cn1)N1CCC(Nc2ncc(C(F)(F)F)cn2)CC1. The van der Waals surface area contributed by atoms with Gasteiger partial charge in [0, 0.05) is 37.7 Å². The molecule has 0 radical (unpaired) electrons. The van der Waals surface area contributed by atoms with Crippen molar-refractivity contribution >= 4 is 16.0 Å². The van der Waals surface area contributed by atoms with Crippen molar-refractivity contribution < 1.29 is 30.4 Å². The fraction of sp³-hybridized carbons (Fsp3) is 0.562. The molecule has 1 saturated heterocycles. The molecule has 0 unspecified atom stereocenters. The topological polar surface area (TPSA) is 93.0 Å². The summed E-state index contributed by atoms with van der Waals surface area (Å²) >= 11 is 0. The fourth-order valence-electron chi connectivity index (χ4n) is 3.03. The van der Waals surface area contributed by atoms with Crippen molar-refractivity contribution in [2.75, 3.05) is 18.4 Å². The highest BCUT2D eigenvalue weighted by Crippen LogP contribution is 2.28. The molecule has 3 rings (SSSR count). The maximum atomic E-state index is 12.6. The van der Waals surface area contributed by atoms with Crippen LogP contribution >= 0.6 is 0 Å². The normalized spacial score (nSPS) is 16.9. The summed E-state index contributed by atoms with van der Waals surface area (Å²) in [5.74, 6) is -0.363. The van der Waals surface area contributed by atoms with Gasteiger partial charge in [0.1, 0.15) is 5.75 Å². The summed E-state index contributed by atoms with van der Waals surface area (Å²) < 4.78 is 89.9. The zero-order valence-electron chi connectivity index (χ0n) is 15.6. The van der Waals surface area contributed by atoms with E-state index < -0.39 is 40.5 Å². The lowest BCUT2D eigenvalue weighted by molar-refractivity contribution is -0.138. The largest absolute Gasteiger partial charge is 0.419 e. The third-order valence-corrected chi connectivity index (χ3v) is 6.34. The first-order valence-electron chi connectivity index (χ1n) is 8.95. The van der Waals surface area contributed by atoms with E-state index in [1.54, 1.807) is 0 Å². The maximum absolute atomic E-state index is 12.6. The molecular formula is C16H19F5N6O2S. The van der Waals surface area contributed by atoms with Gasteiger partial charge in [0.15, 0.2) is 0 Å². The van der Waals surface area contributed by atoms with E-state index in [4.69, 9.17) is 0 Å². The molecule has 3 heterocycles. The molecule has 0 bridgehead atoms. The van der Waals surface area contributed by atoms with Crippen molar-refractivity contribution in [1.82, 2.24) is 23.8 Å². The Hall–Kier alpha value is -2.35. The summed E-state index contributed by atoms with van der Waals surface area (Å²) in [6, 6.07) is -0.196. The van der Waals surface area contributed by atoms with Crippen LogP contribution in [0.5, 0.6) is 0 Å². The van der Waals surface area contributed by atoms with Crippen LogP contribution in [0.4, 0.5) is 27.9 Å². The standard InChI is InChI=1S/C16H19F5N6O2S/c17-14(18)8-26-7-13(24-10-26)9-30(28,29)27-3-1-12(2-4-27)25-15-22-5-11(6-23-15)16(19,20)21/h5-7,10,12,14H,1-4,8-9H2,(H,22,23,25). The van der Waals surface area contributed by atoms with Crippen LogP contribution in [-0.4, -0.2) is 57.8 Å². The third kappa shape index (κ3) is 5.84. The van der Waals surface area contributed by atoms with E-state index >= 15 is 0 Å². The second kappa shape index (κ2) is 8.79. The quantitative estimate of drug-likeness (QED) is 0.646. The van der Waals surface area contributed by atoms with Gasteiger partial charge in [0.05, 0.1) is 24.1 Å². The molecule has 2 aromatic rings. The minimum Gasteiger partial charge on any atom is -0.351 e. The highest BCUT2D eigenvalue weighted by atomic mass is 32.2. The zero-order valence-corrected chi connectivity index (χ0v) is 16.4. The number of halogens is 5. The number of alkyl halides is 5. The molecule has 1 fully saturated rings. The van der Waals surface area contributed by atoms with Gasteiger partial charge in [0.25, 0.3) is 6.43 Å². The van der Waals surface area contributed by atoms with Gasteiger partial charge >= 0.3 is 6.18 Å². The predicted octanol–water partition coefficient (Wildman–Crippen LogP) is 2.36. The molecule has 0 amide bonds. The summed E-state index contributed by atoms with van der Waals surface area (Å²) in [5.41, 5.74) is -0.779. The van der Waals surface area contributed by atoms with Gasteiger partial charge < -0.3 is 9.88 Å². The molecule has 0 aromatic carbocycles. The molecule has 1 aliphatic heterocycles. The molecule has 166 valence electrons. The molecule has 14 heteroatoms. The van der Waals surface area contributed by atoms with E-state index in [2.05, 4.69) is 20.3 Å². The zero-order chi connectivity index (χ0) is 21.9. The molecule has 8 nitrogen and oxygen atoms in total. The third-order valence-electron chi connectivity index (χ3n) is 4.53. The minimum absolute atomic E-state index is 0.0360. The van der Waals surface area contributed by atoms with Crippen molar-refractivity contribution in [2.24, 2.45) is 0 Å². The number of piperidine rings is 1. The van der Waals surface area contributed by atoms with E-state index in [-0.39, 0.29) is 30.8 Å². The van der Waals surface area contributed by atoms with Crippen molar-refractivity contribution in [3.63, 3.8) is 0 Å². The number of nitrogens with zero attached hydrogens (tertiary/aromatic N) is 5. The Labute approximate surface area is 169 Å².